The number of benzene rings is 1. The highest BCUT2D eigenvalue weighted by atomic mass is 79.9. The molecule has 0 fully saturated rings. The van der Waals surface area contributed by atoms with Gasteiger partial charge >= 0.3 is 0 Å². The summed E-state index contributed by atoms with van der Waals surface area (Å²) in [4.78, 5) is 0. The van der Waals surface area contributed by atoms with Crippen molar-refractivity contribution in [3.63, 3.8) is 0 Å². The zero-order chi connectivity index (χ0) is 15.2. The maximum absolute atomic E-state index is 7.69. The summed E-state index contributed by atoms with van der Waals surface area (Å²) in [5, 5.41) is 0. The number of methoxy groups -OCH3 is 1. The van der Waals surface area contributed by atoms with Crippen LogP contribution in [0.15, 0.2) is 22.6 Å². The van der Waals surface area contributed by atoms with Crippen molar-refractivity contribution in [2.45, 2.75) is 6.85 Å². The van der Waals surface area contributed by atoms with Gasteiger partial charge in [0.2, 0.25) is 0 Å². The van der Waals surface area contributed by atoms with Gasteiger partial charge in [-0.2, -0.15) is 0 Å². The molecule has 54 valence electrons. The molecular formula is C8H9BrO. The van der Waals surface area contributed by atoms with E-state index in [9.17, 15) is 0 Å². The maximum Gasteiger partial charge on any atom is 0.119 e. The van der Waals surface area contributed by atoms with Crippen molar-refractivity contribution >= 4 is 15.9 Å². The fraction of sp³-hybridized carbons (Fsp3) is 0.250. The highest BCUT2D eigenvalue weighted by Crippen LogP contribution is 2.20. The third kappa shape index (κ3) is 1.51. The van der Waals surface area contributed by atoms with E-state index in [0.717, 1.165) is 0 Å². The Morgan fingerprint density at radius 1 is 1.70 bits per heavy atom. The average Bonchev–Trinajstić information content (AvgIpc) is 2.18. The topological polar surface area (TPSA) is 9.23 Å². The summed E-state index contributed by atoms with van der Waals surface area (Å²) in [6.45, 7) is -2.73. The molecular weight excluding hydrogens is 192 g/mol. The highest BCUT2D eigenvalue weighted by molar-refractivity contribution is 9.10. The SMILES string of the molecule is [2H]c1c([2H])c(OC([2H])([2H])[2H])c([2H])c(C([2H])([2H])[2H])c1Br. The molecule has 0 aliphatic rings. The van der Waals surface area contributed by atoms with Crippen molar-refractivity contribution in [3.8, 4) is 5.75 Å². The summed E-state index contributed by atoms with van der Waals surface area (Å²) in [6.07, 6.45) is 0. The fourth-order valence-corrected chi connectivity index (χ4v) is 0.623. The van der Waals surface area contributed by atoms with Crippen molar-refractivity contribution in [2.75, 3.05) is 7.04 Å². The van der Waals surface area contributed by atoms with E-state index < -0.39 is 43.3 Å². The minimum Gasteiger partial charge on any atom is -0.497 e. The predicted octanol–water partition coefficient (Wildman–Crippen LogP) is 2.77. The van der Waals surface area contributed by atoms with Gasteiger partial charge in [0.15, 0.2) is 0 Å². The van der Waals surface area contributed by atoms with Crippen LogP contribution in [0.4, 0.5) is 0 Å². The largest absolute Gasteiger partial charge is 0.497 e. The number of ether oxygens (including phenoxy) is 1. The molecule has 1 rings (SSSR count). The molecule has 0 heterocycles. The van der Waals surface area contributed by atoms with Gasteiger partial charge in [-0.1, -0.05) is 15.9 Å². The Morgan fingerprint density at radius 3 is 3.30 bits per heavy atom. The minimum absolute atomic E-state index is 0.236. The van der Waals surface area contributed by atoms with Crippen LogP contribution in [0.1, 0.15) is 17.9 Å². The van der Waals surface area contributed by atoms with Crippen molar-refractivity contribution in [1.82, 2.24) is 0 Å². The lowest BCUT2D eigenvalue weighted by atomic mass is 10.2. The number of rotatable bonds is 1. The van der Waals surface area contributed by atoms with E-state index in [-0.39, 0.29) is 4.47 Å². The van der Waals surface area contributed by atoms with Crippen molar-refractivity contribution in [2.24, 2.45) is 0 Å². The van der Waals surface area contributed by atoms with Crippen LogP contribution in [-0.4, -0.2) is 7.04 Å². The van der Waals surface area contributed by atoms with Crippen LogP contribution in [0.2, 0.25) is 0 Å². The fourth-order valence-electron chi connectivity index (χ4n) is 0.425. The molecule has 0 N–H and O–H groups in total. The standard InChI is InChI=1S/C8H9BrO/c1-6-5-7(10-2)3-4-8(6)9/h3-5H,1-2H3/i1D3,2D3,3D,4D,5D. The molecule has 0 saturated heterocycles. The molecule has 0 aliphatic carbocycles. The first-order valence-electron chi connectivity index (χ1n) is 6.85. The van der Waals surface area contributed by atoms with E-state index in [4.69, 9.17) is 12.3 Å². The normalized spacial score (nSPS) is 25.1. The van der Waals surface area contributed by atoms with Crippen LogP contribution in [0.25, 0.3) is 0 Å². The minimum atomic E-state index is -2.93. The Labute approximate surface area is 81.8 Å². The van der Waals surface area contributed by atoms with Crippen LogP contribution in [0.3, 0.4) is 0 Å². The lowest BCUT2D eigenvalue weighted by Gasteiger charge is -2.01. The molecule has 0 bridgehead atoms. The van der Waals surface area contributed by atoms with E-state index >= 15 is 0 Å². The van der Waals surface area contributed by atoms with Gasteiger partial charge in [0.25, 0.3) is 0 Å². The molecule has 10 heavy (non-hydrogen) atoms. The predicted molar refractivity (Wildman–Crippen MR) is 45.4 cm³/mol. The first-order valence-corrected chi connectivity index (χ1v) is 3.14. The lowest BCUT2D eigenvalue weighted by Crippen LogP contribution is -1.83. The Bertz CT molecular complexity index is 505. The first kappa shape index (κ1) is 2.01. The summed E-state index contributed by atoms with van der Waals surface area (Å²) in [5.41, 5.74) is -0.548. The van der Waals surface area contributed by atoms with E-state index in [2.05, 4.69) is 20.7 Å². The summed E-state index contributed by atoms with van der Waals surface area (Å²) in [6, 6.07) is -1.92. The molecule has 0 unspecified atom stereocenters. The molecule has 0 aromatic heterocycles. The number of hydrogen-bond acceptors (Lipinski definition) is 1. The van der Waals surface area contributed by atoms with Crippen LogP contribution >= 0.6 is 15.9 Å². The Hall–Kier alpha value is -0.500. The number of hydrogen-bond donors (Lipinski definition) is 0. The van der Waals surface area contributed by atoms with Crippen LogP contribution in [-0.2, 0) is 0 Å². The highest BCUT2D eigenvalue weighted by Gasteiger charge is 1.94. The third-order valence-corrected chi connectivity index (χ3v) is 1.44. The molecule has 0 saturated carbocycles. The maximum atomic E-state index is 7.69. The van der Waals surface area contributed by atoms with Crippen LogP contribution in [0, 0.1) is 6.85 Å². The molecule has 2 heteroatoms. The molecule has 1 aromatic rings. The zero-order valence-corrected chi connectivity index (χ0v) is 6.37. The number of halogens is 1. The van der Waals surface area contributed by atoms with Crippen molar-refractivity contribution in [3.05, 3.63) is 28.2 Å². The summed E-state index contributed by atoms with van der Waals surface area (Å²) in [7, 11) is -2.93. The van der Waals surface area contributed by atoms with E-state index in [0.29, 0.717) is 0 Å². The van der Waals surface area contributed by atoms with Crippen LogP contribution in [0.5, 0.6) is 5.75 Å². The molecule has 0 atom stereocenters. The second-order valence-electron chi connectivity index (χ2n) is 1.50. The summed E-state index contributed by atoms with van der Waals surface area (Å²) >= 11 is 2.85. The van der Waals surface area contributed by atoms with Crippen LogP contribution < -0.4 is 4.74 Å². The van der Waals surface area contributed by atoms with Gasteiger partial charge in [-0.25, -0.2) is 0 Å². The lowest BCUT2D eigenvalue weighted by molar-refractivity contribution is 0.414. The quantitative estimate of drug-likeness (QED) is 0.692. The Morgan fingerprint density at radius 2 is 2.60 bits per heavy atom. The summed E-state index contributed by atoms with van der Waals surface area (Å²) < 4.78 is 69.8. The third-order valence-electron chi connectivity index (χ3n) is 0.846. The second kappa shape index (κ2) is 3.06. The van der Waals surface area contributed by atoms with Gasteiger partial charge in [0.1, 0.15) is 5.75 Å². The van der Waals surface area contributed by atoms with Gasteiger partial charge in [0.05, 0.1) is 15.3 Å². The second-order valence-corrected chi connectivity index (χ2v) is 2.29. The molecule has 1 nitrogen and oxygen atoms in total. The smallest absolute Gasteiger partial charge is 0.119 e. The molecule has 0 radical (unpaired) electrons. The molecule has 0 spiro atoms. The van der Waals surface area contributed by atoms with Gasteiger partial charge in [0, 0.05) is 8.58 Å². The first-order chi connectivity index (χ1) is 8.36. The zero-order valence-electron chi connectivity index (χ0n) is 13.8. The Kier molecular flexibility index (Phi) is 0.614. The van der Waals surface area contributed by atoms with Gasteiger partial charge < -0.3 is 4.74 Å². The molecule has 0 aliphatic heterocycles. The van der Waals surface area contributed by atoms with Gasteiger partial charge in [-0.05, 0) is 30.5 Å². The summed E-state index contributed by atoms with van der Waals surface area (Å²) in [5.74, 6) is -0.737. The van der Waals surface area contributed by atoms with E-state index in [1.807, 2.05) is 0 Å². The van der Waals surface area contributed by atoms with Gasteiger partial charge in [-0.15, -0.1) is 0 Å². The monoisotopic (exact) mass is 209 g/mol. The average molecular weight is 210 g/mol. The molecule has 1 aromatic carbocycles. The van der Waals surface area contributed by atoms with Crippen molar-refractivity contribution in [1.29, 1.82) is 0 Å². The molecule has 0 amide bonds. The van der Waals surface area contributed by atoms with E-state index in [1.165, 1.54) is 0 Å². The van der Waals surface area contributed by atoms with Gasteiger partial charge in [-0.3, -0.25) is 0 Å². The Balaban J connectivity index is 3.62. The van der Waals surface area contributed by atoms with Crippen molar-refractivity contribution < 1.29 is 17.1 Å². The van der Waals surface area contributed by atoms with E-state index in [1.54, 1.807) is 0 Å².